The van der Waals surface area contributed by atoms with E-state index in [0.717, 1.165) is 16.3 Å². The highest BCUT2D eigenvalue weighted by Crippen LogP contribution is 2.22. The Balaban J connectivity index is 1.84. The Bertz CT molecular complexity index is 794. The topological polar surface area (TPSA) is 59.9 Å². The summed E-state index contributed by atoms with van der Waals surface area (Å²) in [6.07, 6.45) is 2.20. The standard InChI is InChI=1S/C19H20Cl2N2O3/c1-13-10-17(5-6-18(13)21)25-8-3-9-26-19-7-4-16(20)11-15(19)12-22-23-14(2)24/h4-7,10-12H,3,8-9H2,1-2H3,(H,23,24). The number of halogens is 2. The zero-order valence-corrected chi connectivity index (χ0v) is 16.1. The number of ether oxygens (including phenoxy) is 2. The SMILES string of the molecule is CC(=O)NN=Cc1cc(Cl)ccc1OCCCOc1ccc(Cl)c(C)c1. The average Bonchev–Trinajstić information content (AvgIpc) is 2.59. The summed E-state index contributed by atoms with van der Waals surface area (Å²) in [5.74, 6) is 1.16. The third-order valence-electron chi connectivity index (χ3n) is 3.34. The summed E-state index contributed by atoms with van der Waals surface area (Å²) in [5.41, 5.74) is 4.00. The fourth-order valence-corrected chi connectivity index (χ4v) is 2.38. The van der Waals surface area contributed by atoms with Gasteiger partial charge in [-0.1, -0.05) is 23.2 Å². The second-order valence-electron chi connectivity index (χ2n) is 5.57. The quantitative estimate of drug-likeness (QED) is 0.403. The van der Waals surface area contributed by atoms with Crippen LogP contribution in [-0.4, -0.2) is 25.3 Å². The Kier molecular flexibility index (Phi) is 7.75. The van der Waals surface area contributed by atoms with E-state index in [1.54, 1.807) is 18.2 Å². The van der Waals surface area contributed by atoms with Gasteiger partial charge in [-0.25, -0.2) is 5.43 Å². The molecule has 0 spiro atoms. The lowest BCUT2D eigenvalue weighted by Gasteiger charge is -2.11. The van der Waals surface area contributed by atoms with Crippen LogP contribution in [0, 0.1) is 6.92 Å². The second kappa shape index (κ2) is 10.0. The van der Waals surface area contributed by atoms with E-state index in [-0.39, 0.29) is 5.91 Å². The van der Waals surface area contributed by atoms with E-state index in [0.29, 0.717) is 36.0 Å². The van der Waals surface area contributed by atoms with Crippen LogP contribution in [0.2, 0.25) is 10.0 Å². The van der Waals surface area contributed by atoms with Crippen molar-refractivity contribution in [1.29, 1.82) is 0 Å². The Morgan fingerprint density at radius 2 is 1.92 bits per heavy atom. The first-order valence-corrected chi connectivity index (χ1v) is 8.82. The largest absolute Gasteiger partial charge is 0.493 e. The number of rotatable bonds is 8. The van der Waals surface area contributed by atoms with E-state index >= 15 is 0 Å². The lowest BCUT2D eigenvalue weighted by molar-refractivity contribution is -0.118. The molecule has 0 atom stereocenters. The molecule has 2 rings (SSSR count). The fraction of sp³-hybridized carbons (Fsp3) is 0.263. The van der Waals surface area contributed by atoms with E-state index in [4.69, 9.17) is 32.7 Å². The van der Waals surface area contributed by atoms with Crippen LogP contribution in [0.15, 0.2) is 41.5 Å². The normalized spacial score (nSPS) is 10.8. The first kappa shape index (κ1) is 20.1. The van der Waals surface area contributed by atoms with Gasteiger partial charge in [0, 0.05) is 29.0 Å². The van der Waals surface area contributed by atoms with Crippen LogP contribution >= 0.6 is 23.2 Å². The van der Waals surface area contributed by atoms with Crippen LogP contribution in [0.1, 0.15) is 24.5 Å². The monoisotopic (exact) mass is 394 g/mol. The fourth-order valence-electron chi connectivity index (χ4n) is 2.08. The number of nitrogens with zero attached hydrogens (tertiary/aromatic N) is 1. The molecule has 1 N–H and O–H groups in total. The van der Waals surface area contributed by atoms with Crippen molar-refractivity contribution in [3.8, 4) is 11.5 Å². The first-order chi connectivity index (χ1) is 12.5. The number of amides is 1. The van der Waals surface area contributed by atoms with E-state index in [1.807, 2.05) is 25.1 Å². The van der Waals surface area contributed by atoms with Crippen molar-refractivity contribution in [2.75, 3.05) is 13.2 Å². The molecule has 5 nitrogen and oxygen atoms in total. The van der Waals surface area contributed by atoms with Crippen LogP contribution in [0.5, 0.6) is 11.5 Å². The Morgan fingerprint density at radius 1 is 1.15 bits per heavy atom. The third kappa shape index (κ3) is 6.58. The molecule has 0 unspecified atom stereocenters. The zero-order chi connectivity index (χ0) is 18.9. The molecule has 0 aliphatic heterocycles. The van der Waals surface area contributed by atoms with Crippen LogP contribution < -0.4 is 14.9 Å². The number of carbonyl (C=O) groups excluding carboxylic acids is 1. The van der Waals surface area contributed by atoms with Crippen molar-refractivity contribution in [2.24, 2.45) is 5.10 Å². The minimum Gasteiger partial charge on any atom is -0.493 e. The number of hydrazone groups is 1. The molecular formula is C19H20Cl2N2O3. The summed E-state index contributed by atoms with van der Waals surface area (Å²) < 4.78 is 11.5. The number of hydrogen-bond donors (Lipinski definition) is 1. The van der Waals surface area contributed by atoms with Crippen molar-refractivity contribution in [2.45, 2.75) is 20.3 Å². The average molecular weight is 395 g/mol. The molecule has 0 saturated heterocycles. The minimum absolute atomic E-state index is 0.250. The second-order valence-corrected chi connectivity index (χ2v) is 6.41. The highest BCUT2D eigenvalue weighted by molar-refractivity contribution is 6.31. The van der Waals surface area contributed by atoms with Crippen LogP contribution in [0.25, 0.3) is 0 Å². The lowest BCUT2D eigenvalue weighted by atomic mass is 10.2. The van der Waals surface area contributed by atoms with Gasteiger partial charge in [0.15, 0.2) is 0 Å². The maximum Gasteiger partial charge on any atom is 0.236 e. The van der Waals surface area contributed by atoms with Crippen molar-refractivity contribution >= 4 is 35.3 Å². The van der Waals surface area contributed by atoms with Crippen molar-refractivity contribution in [3.63, 3.8) is 0 Å². The highest BCUT2D eigenvalue weighted by Gasteiger charge is 2.04. The van der Waals surface area contributed by atoms with E-state index in [9.17, 15) is 4.79 Å². The van der Waals surface area contributed by atoms with Crippen LogP contribution in [0.4, 0.5) is 0 Å². The molecule has 7 heteroatoms. The van der Waals surface area contributed by atoms with E-state index in [2.05, 4.69) is 10.5 Å². The minimum atomic E-state index is -0.250. The molecule has 0 aromatic heterocycles. The molecule has 0 aliphatic rings. The van der Waals surface area contributed by atoms with Gasteiger partial charge in [0.1, 0.15) is 11.5 Å². The first-order valence-electron chi connectivity index (χ1n) is 8.06. The van der Waals surface area contributed by atoms with Crippen molar-refractivity contribution < 1.29 is 14.3 Å². The lowest BCUT2D eigenvalue weighted by Crippen LogP contribution is -2.12. The molecule has 138 valence electrons. The van der Waals surface area contributed by atoms with Gasteiger partial charge in [0.25, 0.3) is 0 Å². The highest BCUT2D eigenvalue weighted by atomic mass is 35.5. The maximum atomic E-state index is 10.9. The molecule has 0 bridgehead atoms. The van der Waals surface area contributed by atoms with Crippen molar-refractivity contribution in [3.05, 3.63) is 57.6 Å². The predicted octanol–water partition coefficient (Wildman–Crippen LogP) is 4.62. The Labute approximate surface area is 162 Å². The Hall–Kier alpha value is -2.24. The molecule has 0 radical (unpaired) electrons. The molecule has 0 fully saturated rings. The summed E-state index contributed by atoms with van der Waals surface area (Å²) in [6, 6.07) is 10.8. The number of aryl methyl sites for hydroxylation is 1. The summed E-state index contributed by atoms with van der Waals surface area (Å²) in [6.45, 7) is 4.30. The van der Waals surface area contributed by atoms with Crippen LogP contribution in [0.3, 0.4) is 0 Å². The molecule has 2 aromatic carbocycles. The molecule has 1 amide bonds. The summed E-state index contributed by atoms with van der Waals surface area (Å²) in [4.78, 5) is 10.9. The van der Waals surface area contributed by atoms with Gasteiger partial charge in [-0.05, 0) is 48.9 Å². The smallest absolute Gasteiger partial charge is 0.236 e. The van der Waals surface area contributed by atoms with E-state index in [1.165, 1.54) is 13.1 Å². The van der Waals surface area contributed by atoms with Gasteiger partial charge in [-0.15, -0.1) is 0 Å². The zero-order valence-electron chi connectivity index (χ0n) is 14.6. The van der Waals surface area contributed by atoms with Crippen LogP contribution in [-0.2, 0) is 4.79 Å². The molecule has 0 heterocycles. The number of hydrogen-bond acceptors (Lipinski definition) is 4. The molecule has 2 aromatic rings. The van der Waals surface area contributed by atoms with Gasteiger partial charge < -0.3 is 9.47 Å². The van der Waals surface area contributed by atoms with Gasteiger partial charge in [0.2, 0.25) is 5.91 Å². The molecule has 0 aliphatic carbocycles. The summed E-state index contributed by atoms with van der Waals surface area (Å²) >= 11 is 12.0. The van der Waals surface area contributed by atoms with Gasteiger partial charge in [-0.3, -0.25) is 4.79 Å². The van der Waals surface area contributed by atoms with E-state index < -0.39 is 0 Å². The maximum absolute atomic E-state index is 10.9. The number of carbonyl (C=O) groups is 1. The molecule has 26 heavy (non-hydrogen) atoms. The predicted molar refractivity (Wildman–Crippen MR) is 105 cm³/mol. The number of nitrogens with one attached hydrogen (secondary N) is 1. The number of benzene rings is 2. The summed E-state index contributed by atoms with van der Waals surface area (Å²) in [5, 5.41) is 5.12. The Morgan fingerprint density at radius 3 is 2.65 bits per heavy atom. The van der Waals surface area contributed by atoms with Crippen molar-refractivity contribution in [1.82, 2.24) is 5.43 Å². The molecular weight excluding hydrogens is 375 g/mol. The summed E-state index contributed by atoms with van der Waals surface area (Å²) in [7, 11) is 0. The molecule has 0 saturated carbocycles. The van der Waals surface area contributed by atoms with Gasteiger partial charge >= 0.3 is 0 Å². The van der Waals surface area contributed by atoms with Gasteiger partial charge in [-0.2, -0.15) is 5.10 Å². The third-order valence-corrected chi connectivity index (χ3v) is 4.00. The van der Waals surface area contributed by atoms with Gasteiger partial charge in [0.05, 0.1) is 19.4 Å².